The van der Waals surface area contributed by atoms with E-state index in [-0.39, 0.29) is 17.0 Å². The lowest BCUT2D eigenvalue weighted by atomic mass is 13.0. The van der Waals surface area contributed by atoms with Gasteiger partial charge in [0.05, 0.1) is 0 Å². The van der Waals surface area contributed by atoms with Crippen LogP contribution in [0.15, 0.2) is 0 Å². The fourth-order valence-corrected chi connectivity index (χ4v) is 0. The monoisotopic (exact) mass is 178 g/mol. The summed E-state index contributed by atoms with van der Waals surface area (Å²) >= 11 is 4.53. The van der Waals surface area contributed by atoms with Crippen molar-refractivity contribution in [1.29, 1.82) is 0 Å². The molecule has 0 aliphatic carbocycles. The van der Waals surface area contributed by atoms with Gasteiger partial charge in [0.15, 0.2) is 0 Å². The van der Waals surface area contributed by atoms with Crippen molar-refractivity contribution in [3.05, 3.63) is 0 Å². The molecule has 0 rings (SSSR count). The first-order valence-electron chi connectivity index (χ1n) is 0.811. The van der Waals surface area contributed by atoms with E-state index in [2.05, 4.69) is 29.3 Å². The Balaban J connectivity index is -0.0000000275. The minimum absolute atomic E-state index is 0. The van der Waals surface area contributed by atoms with Crippen molar-refractivity contribution < 1.29 is 0 Å². The molecular formula is H8BrClN4. The predicted octanol–water partition coefficient (Wildman–Crippen LogP) is -1.000. The van der Waals surface area contributed by atoms with Crippen molar-refractivity contribution in [2.45, 2.75) is 0 Å². The molecule has 0 unspecified atom stereocenters. The van der Waals surface area contributed by atoms with Crippen molar-refractivity contribution in [2.24, 2.45) is 17.5 Å². The van der Waals surface area contributed by atoms with Gasteiger partial charge in [-0.3, -0.25) is 17.5 Å². The molecule has 7 N–H and O–H groups in total. The third kappa shape index (κ3) is 161. The zero-order valence-corrected chi connectivity index (χ0v) is 5.49. The zero-order chi connectivity index (χ0) is 4.71. The molecule has 0 saturated heterocycles. The number of nitrogens with two attached hydrogens (primary N) is 3. The summed E-state index contributed by atoms with van der Waals surface area (Å²) in [5.74, 6) is 12.4. The Bertz CT molecular complexity index is 7.51. The Morgan fingerprint density at radius 3 is 1.33 bits per heavy atom. The smallest absolute Gasteiger partial charge is 0.00899 e. The maximum absolute atomic E-state index is 4.53. The van der Waals surface area contributed by atoms with Crippen LogP contribution in [0.4, 0.5) is 0 Å². The van der Waals surface area contributed by atoms with Gasteiger partial charge < -0.3 is 0 Å². The molecule has 4 nitrogen and oxygen atoms in total. The first kappa shape index (κ1) is 16.0. The number of nitrogens with one attached hydrogen (secondary N) is 1. The van der Waals surface area contributed by atoms with Gasteiger partial charge in [0, 0.05) is 0 Å². The van der Waals surface area contributed by atoms with E-state index in [4.69, 9.17) is 0 Å². The molecule has 0 spiro atoms. The van der Waals surface area contributed by atoms with Crippen LogP contribution in [0.5, 0.6) is 0 Å². The molecule has 0 aliphatic heterocycles. The molecular weight excluding hydrogens is 171 g/mol. The Hall–Kier alpha value is 0.610. The average molecular weight is 179 g/mol. The van der Waals surface area contributed by atoms with E-state index in [1.807, 2.05) is 0 Å². The fraction of sp³-hybridized carbons (Fsp3) is 0. The maximum Gasteiger partial charge on any atom is -0.00899 e. The minimum Gasteiger partial charge on any atom is -0.274 e. The quantitative estimate of drug-likeness (QED) is 0.218. The van der Waals surface area contributed by atoms with Gasteiger partial charge in [-0.05, 0) is 11.8 Å². The summed E-state index contributed by atoms with van der Waals surface area (Å²) in [7, 11) is 0. The van der Waals surface area contributed by atoms with Gasteiger partial charge in [-0.15, -0.1) is 17.0 Å². The van der Waals surface area contributed by atoms with E-state index in [1.54, 1.807) is 4.94 Å². The van der Waals surface area contributed by atoms with E-state index < -0.39 is 0 Å². The molecule has 0 fully saturated rings. The van der Waals surface area contributed by atoms with Crippen LogP contribution in [0.1, 0.15) is 0 Å². The highest BCUT2D eigenvalue weighted by molar-refractivity contribution is 8.93. The highest BCUT2D eigenvalue weighted by Crippen LogP contribution is 1.32. The molecule has 0 aromatic carbocycles. The summed E-state index contributed by atoms with van der Waals surface area (Å²) in [6, 6.07) is 0. The Labute approximate surface area is 51.8 Å². The summed E-state index contributed by atoms with van der Waals surface area (Å²) in [5.41, 5.74) is 0. The summed E-state index contributed by atoms with van der Waals surface area (Å²) in [6.45, 7) is 0. The van der Waals surface area contributed by atoms with Gasteiger partial charge in [0.25, 0.3) is 0 Å². The highest BCUT2D eigenvalue weighted by Gasteiger charge is 1.27. The topological polar surface area (TPSA) is 90.1 Å². The lowest BCUT2D eigenvalue weighted by molar-refractivity contribution is 1.10. The van der Waals surface area contributed by atoms with Crippen LogP contribution in [0.2, 0.25) is 0 Å². The summed E-state index contributed by atoms with van der Waals surface area (Å²) in [4.78, 5) is 1.72. The van der Waals surface area contributed by atoms with E-state index in [0.29, 0.717) is 0 Å². The molecule has 0 aromatic rings. The molecule has 0 heterocycles. The lowest BCUT2D eigenvalue weighted by Crippen LogP contribution is -2.05. The van der Waals surface area contributed by atoms with Crippen LogP contribution in [-0.4, -0.2) is 0 Å². The Morgan fingerprint density at radius 2 is 1.33 bits per heavy atom. The summed E-state index contributed by atoms with van der Waals surface area (Å²) in [5, 5.41) is 0. The standard InChI is InChI=1S/BrH.ClH3N2.H4N2/c;1-3-2;1-2/h1H;3H,2H2;1-2H2. The van der Waals surface area contributed by atoms with E-state index in [9.17, 15) is 0 Å². The third-order valence-corrected chi connectivity index (χ3v) is 0. The van der Waals surface area contributed by atoms with Gasteiger partial charge in [-0.2, -0.15) is 4.94 Å². The number of hydrazine groups is 2. The second kappa shape index (κ2) is 46.0. The van der Waals surface area contributed by atoms with Crippen molar-refractivity contribution in [3.63, 3.8) is 0 Å². The predicted molar refractivity (Wildman–Crippen MR) is 31.9 cm³/mol. The molecule has 0 radical (unpaired) electrons. The van der Waals surface area contributed by atoms with Crippen molar-refractivity contribution in [2.75, 3.05) is 0 Å². The van der Waals surface area contributed by atoms with Gasteiger partial charge in [-0.25, -0.2) is 0 Å². The van der Waals surface area contributed by atoms with E-state index in [1.165, 1.54) is 0 Å². The SMILES string of the molecule is Br.NN.NNCl. The zero-order valence-electron chi connectivity index (χ0n) is 3.02. The Morgan fingerprint density at radius 1 is 1.33 bits per heavy atom. The molecule has 6 heteroatoms. The fourth-order valence-electron chi connectivity index (χ4n) is 0. The van der Waals surface area contributed by atoms with Crippen LogP contribution in [-0.2, 0) is 0 Å². The molecule has 0 bridgehead atoms. The first-order valence-corrected chi connectivity index (χ1v) is 1.19. The van der Waals surface area contributed by atoms with Crippen molar-refractivity contribution >= 4 is 28.8 Å². The molecule has 6 heavy (non-hydrogen) atoms. The summed E-state index contributed by atoms with van der Waals surface area (Å²) in [6.07, 6.45) is 0. The van der Waals surface area contributed by atoms with Crippen LogP contribution < -0.4 is 22.5 Å². The van der Waals surface area contributed by atoms with Gasteiger partial charge >= 0.3 is 0 Å². The minimum atomic E-state index is 0. The largest absolute Gasteiger partial charge is 0.274 e. The van der Waals surface area contributed by atoms with Crippen LogP contribution in [0.3, 0.4) is 0 Å². The molecule has 0 saturated carbocycles. The van der Waals surface area contributed by atoms with Crippen LogP contribution >= 0.6 is 28.8 Å². The molecule has 0 aromatic heterocycles. The second-order valence-corrected chi connectivity index (χ2v) is 0.327. The van der Waals surface area contributed by atoms with Crippen molar-refractivity contribution in [3.8, 4) is 0 Å². The van der Waals surface area contributed by atoms with Crippen LogP contribution in [0, 0.1) is 0 Å². The molecule has 42 valence electrons. The molecule has 0 aliphatic rings. The van der Waals surface area contributed by atoms with Crippen LogP contribution in [0.25, 0.3) is 0 Å². The third-order valence-electron chi connectivity index (χ3n) is 0. The number of halogens is 2. The normalized spacial score (nSPS) is 4.00. The molecule has 0 amide bonds. The number of hydrogen-bond donors (Lipinski definition) is 4. The molecule has 0 atom stereocenters. The van der Waals surface area contributed by atoms with Gasteiger partial charge in [-0.1, -0.05) is 0 Å². The highest BCUT2D eigenvalue weighted by atomic mass is 79.9. The Kier molecular flexibility index (Phi) is 122. The van der Waals surface area contributed by atoms with E-state index in [0.717, 1.165) is 0 Å². The van der Waals surface area contributed by atoms with Gasteiger partial charge in [0.2, 0.25) is 0 Å². The lowest BCUT2D eigenvalue weighted by Gasteiger charge is -1.57. The van der Waals surface area contributed by atoms with Gasteiger partial charge in [0.1, 0.15) is 0 Å². The van der Waals surface area contributed by atoms with Crippen molar-refractivity contribution in [1.82, 2.24) is 4.94 Å². The average Bonchev–Trinajstić information content (AvgIpc) is 1.46. The first-order chi connectivity index (χ1) is 2.41. The maximum atomic E-state index is 4.53. The number of hydrogen-bond acceptors (Lipinski definition) is 4. The summed E-state index contributed by atoms with van der Waals surface area (Å²) < 4.78 is 0. The number of rotatable bonds is 0. The van der Waals surface area contributed by atoms with E-state index >= 15 is 0 Å². The second-order valence-electron chi connectivity index (χ2n) is 0.109.